The van der Waals surface area contributed by atoms with Gasteiger partial charge in [-0.1, -0.05) is 6.92 Å². The van der Waals surface area contributed by atoms with E-state index in [1.54, 1.807) is 6.92 Å². The Bertz CT molecular complexity index is 686. The van der Waals surface area contributed by atoms with Crippen LogP contribution in [0.15, 0.2) is 24.3 Å². The van der Waals surface area contributed by atoms with Crippen molar-refractivity contribution in [1.29, 1.82) is 0 Å². The fraction of sp³-hybridized carbons (Fsp3) is 0.357. The maximum Gasteiger partial charge on any atom is 0.326 e. The standard InChI is InChI=1S/C14H15N3O6/c1-3-10(11(18)19)16-12(20)14(2,15-13(16)21)8-4-6-9(7-5-8)17(22)23/h4-7,10H,3H2,1-2H3,(H,15,21)(H,18,19). The van der Waals surface area contributed by atoms with Gasteiger partial charge in [-0.25, -0.2) is 14.5 Å². The second kappa shape index (κ2) is 5.67. The number of carbonyl (C=O) groups is 3. The molecule has 1 aliphatic rings. The lowest BCUT2D eigenvalue weighted by atomic mass is 9.91. The molecule has 0 spiro atoms. The number of aliphatic carboxylic acids is 1. The van der Waals surface area contributed by atoms with Gasteiger partial charge in [0.25, 0.3) is 11.6 Å². The number of hydrogen-bond donors (Lipinski definition) is 2. The van der Waals surface area contributed by atoms with Crippen LogP contribution in [0.3, 0.4) is 0 Å². The molecule has 0 radical (unpaired) electrons. The molecule has 23 heavy (non-hydrogen) atoms. The smallest absolute Gasteiger partial charge is 0.326 e. The third kappa shape index (κ3) is 2.60. The summed E-state index contributed by atoms with van der Waals surface area (Å²) in [6.07, 6.45) is 0.0742. The lowest BCUT2D eigenvalue weighted by molar-refractivity contribution is -0.384. The zero-order chi connectivity index (χ0) is 17.4. The molecule has 0 saturated carbocycles. The first-order chi connectivity index (χ1) is 10.7. The van der Waals surface area contributed by atoms with Crippen molar-refractivity contribution in [2.24, 2.45) is 0 Å². The van der Waals surface area contributed by atoms with E-state index >= 15 is 0 Å². The Kier molecular flexibility index (Phi) is 4.04. The molecule has 9 heteroatoms. The predicted molar refractivity (Wildman–Crippen MR) is 77.5 cm³/mol. The fourth-order valence-corrected chi connectivity index (χ4v) is 2.52. The zero-order valence-electron chi connectivity index (χ0n) is 12.5. The number of nitro benzene ring substituents is 1. The van der Waals surface area contributed by atoms with E-state index in [1.165, 1.54) is 31.2 Å². The lowest BCUT2D eigenvalue weighted by Crippen LogP contribution is -2.46. The van der Waals surface area contributed by atoms with Gasteiger partial charge >= 0.3 is 12.0 Å². The van der Waals surface area contributed by atoms with E-state index in [0.717, 1.165) is 0 Å². The van der Waals surface area contributed by atoms with Gasteiger partial charge in [-0.15, -0.1) is 0 Å². The number of nitro groups is 1. The third-order valence-corrected chi connectivity index (χ3v) is 3.86. The molecule has 0 bridgehead atoms. The van der Waals surface area contributed by atoms with Crippen LogP contribution in [0, 0.1) is 10.1 Å². The number of hydrogen-bond acceptors (Lipinski definition) is 5. The molecule has 1 fully saturated rings. The highest BCUT2D eigenvalue weighted by Crippen LogP contribution is 2.31. The molecule has 9 nitrogen and oxygen atoms in total. The SMILES string of the molecule is CCC(C(=O)O)N1C(=O)NC(C)(c2ccc([N+](=O)[O-])cc2)C1=O. The summed E-state index contributed by atoms with van der Waals surface area (Å²) in [5.41, 5.74) is -1.28. The number of carboxylic acids is 1. The van der Waals surface area contributed by atoms with Crippen LogP contribution >= 0.6 is 0 Å². The number of carbonyl (C=O) groups excluding carboxylic acids is 2. The summed E-state index contributed by atoms with van der Waals surface area (Å²) in [5, 5.41) is 22.3. The molecule has 1 saturated heterocycles. The molecule has 0 aromatic heterocycles. The first-order valence-electron chi connectivity index (χ1n) is 6.86. The summed E-state index contributed by atoms with van der Waals surface area (Å²) in [7, 11) is 0. The maximum absolute atomic E-state index is 12.6. The summed E-state index contributed by atoms with van der Waals surface area (Å²) < 4.78 is 0. The fourth-order valence-electron chi connectivity index (χ4n) is 2.52. The van der Waals surface area contributed by atoms with Gasteiger partial charge in [-0.3, -0.25) is 14.9 Å². The van der Waals surface area contributed by atoms with Crippen molar-refractivity contribution in [1.82, 2.24) is 10.2 Å². The van der Waals surface area contributed by atoms with Gasteiger partial charge in [0.15, 0.2) is 0 Å². The Morgan fingerprint density at radius 1 is 1.39 bits per heavy atom. The second-order valence-corrected chi connectivity index (χ2v) is 5.30. The Morgan fingerprint density at radius 3 is 2.39 bits per heavy atom. The van der Waals surface area contributed by atoms with Crippen LogP contribution in [0.25, 0.3) is 0 Å². The number of benzene rings is 1. The quantitative estimate of drug-likeness (QED) is 0.476. The first-order valence-corrected chi connectivity index (χ1v) is 6.86. The zero-order valence-corrected chi connectivity index (χ0v) is 12.5. The molecular formula is C14H15N3O6. The average molecular weight is 321 g/mol. The maximum atomic E-state index is 12.6. The van der Waals surface area contributed by atoms with Crippen molar-refractivity contribution in [3.05, 3.63) is 39.9 Å². The highest BCUT2D eigenvalue weighted by atomic mass is 16.6. The molecule has 3 amide bonds. The van der Waals surface area contributed by atoms with Crippen LogP contribution < -0.4 is 5.32 Å². The first kappa shape index (κ1) is 16.4. The van der Waals surface area contributed by atoms with E-state index in [2.05, 4.69) is 5.32 Å². The predicted octanol–water partition coefficient (Wildman–Crippen LogP) is 1.23. The van der Waals surface area contributed by atoms with Crippen molar-refractivity contribution in [3.63, 3.8) is 0 Å². The summed E-state index contributed by atoms with van der Waals surface area (Å²) in [4.78, 5) is 46.7. The topological polar surface area (TPSA) is 130 Å². The minimum absolute atomic E-state index is 0.0742. The summed E-state index contributed by atoms with van der Waals surface area (Å²) in [6.45, 7) is 2.99. The molecule has 2 atom stereocenters. The minimum atomic E-state index is -1.46. The number of carboxylic acid groups (broad SMARTS) is 1. The van der Waals surface area contributed by atoms with Crippen LogP contribution in [0.2, 0.25) is 0 Å². The van der Waals surface area contributed by atoms with Crippen LogP contribution in [0.5, 0.6) is 0 Å². The van der Waals surface area contributed by atoms with Crippen LogP contribution in [0.4, 0.5) is 10.5 Å². The second-order valence-electron chi connectivity index (χ2n) is 5.30. The monoisotopic (exact) mass is 321 g/mol. The van der Waals surface area contributed by atoms with E-state index in [1.807, 2.05) is 0 Å². The molecular weight excluding hydrogens is 306 g/mol. The largest absolute Gasteiger partial charge is 0.480 e. The molecule has 1 aliphatic heterocycles. The highest BCUT2D eigenvalue weighted by Gasteiger charge is 2.52. The highest BCUT2D eigenvalue weighted by molar-refractivity contribution is 6.09. The van der Waals surface area contributed by atoms with Crippen LogP contribution in [-0.4, -0.2) is 38.9 Å². The van der Waals surface area contributed by atoms with Crippen molar-refractivity contribution in [2.75, 3.05) is 0 Å². The minimum Gasteiger partial charge on any atom is -0.480 e. The van der Waals surface area contributed by atoms with Gasteiger partial charge in [-0.2, -0.15) is 0 Å². The molecule has 2 unspecified atom stereocenters. The van der Waals surface area contributed by atoms with Gasteiger partial charge in [0.2, 0.25) is 0 Å². The number of amides is 3. The Morgan fingerprint density at radius 2 is 1.96 bits per heavy atom. The van der Waals surface area contributed by atoms with E-state index in [9.17, 15) is 24.5 Å². The van der Waals surface area contributed by atoms with E-state index in [4.69, 9.17) is 5.11 Å². The average Bonchev–Trinajstić information content (AvgIpc) is 2.72. The number of nitrogens with zero attached hydrogens (tertiary/aromatic N) is 2. The third-order valence-electron chi connectivity index (χ3n) is 3.86. The van der Waals surface area contributed by atoms with E-state index in [0.29, 0.717) is 10.5 Å². The molecule has 0 aliphatic carbocycles. The van der Waals surface area contributed by atoms with Gasteiger partial charge < -0.3 is 10.4 Å². The molecule has 2 rings (SSSR count). The molecule has 1 aromatic carbocycles. The number of urea groups is 1. The van der Waals surface area contributed by atoms with Gasteiger partial charge in [0.05, 0.1) is 4.92 Å². The van der Waals surface area contributed by atoms with E-state index in [-0.39, 0.29) is 12.1 Å². The molecule has 1 heterocycles. The summed E-state index contributed by atoms with van der Waals surface area (Å²) in [5.74, 6) is -1.98. The normalized spacial score (nSPS) is 21.9. The number of non-ortho nitro benzene ring substituents is 1. The number of nitrogens with one attached hydrogen (secondary N) is 1. The van der Waals surface area contributed by atoms with E-state index < -0.39 is 34.4 Å². The Hall–Kier alpha value is -2.97. The van der Waals surface area contributed by atoms with Crippen LogP contribution in [0.1, 0.15) is 25.8 Å². The van der Waals surface area contributed by atoms with Crippen molar-refractivity contribution in [2.45, 2.75) is 31.8 Å². The Balaban J connectivity index is 2.39. The Labute approximate surface area is 131 Å². The van der Waals surface area contributed by atoms with Crippen molar-refractivity contribution in [3.8, 4) is 0 Å². The van der Waals surface area contributed by atoms with Gasteiger partial charge in [0.1, 0.15) is 11.6 Å². The van der Waals surface area contributed by atoms with Gasteiger partial charge in [-0.05, 0) is 31.0 Å². The summed E-state index contributed by atoms with van der Waals surface area (Å²) in [6, 6.07) is 3.10. The number of rotatable bonds is 5. The van der Waals surface area contributed by atoms with Crippen molar-refractivity contribution >= 4 is 23.6 Å². The summed E-state index contributed by atoms with van der Waals surface area (Å²) >= 11 is 0. The molecule has 2 N–H and O–H groups in total. The molecule has 122 valence electrons. The van der Waals surface area contributed by atoms with Crippen LogP contribution in [-0.2, 0) is 15.1 Å². The lowest BCUT2D eigenvalue weighted by Gasteiger charge is -2.24. The molecule has 1 aromatic rings. The number of imide groups is 1. The van der Waals surface area contributed by atoms with Gasteiger partial charge in [0, 0.05) is 12.1 Å². The van der Waals surface area contributed by atoms with Crippen molar-refractivity contribution < 1.29 is 24.4 Å².